The quantitative estimate of drug-likeness (QED) is 0.726. The average Bonchev–Trinajstić information content (AvgIpc) is 2.34. The van der Waals surface area contributed by atoms with Crippen LogP contribution in [-0.2, 0) is 4.79 Å². The molecule has 0 aromatic rings. The first-order chi connectivity index (χ1) is 8.85. The molecule has 2 heteroatoms. The predicted molar refractivity (Wildman–Crippen MR) is 75.6 cm³/mol. The van der Waals surface area contributed by atoms with Gasteiger partial charge in [-0.1, -0.05) is 32.9 Å². The number of ketones is 1. The first kappa shape index (κ1) is 13.1. The summed E-state index contributed by atoms with van der Waals surface area (Å²) < 4.78 is 0. The van der Waals surface area contributed by atoms with Crippen LogP contribution in [-0.4, -0.2) is 17.0 Å². The van der Waals surface area contributed by atoms with E-state index in [1.54, 1.807) is 0 Å². The molecule has 0 amide bonds. The van der Waals surface area contributed by atoms with E-state index >= 15 is 0 Å². The molecule has 0 aliphatic heterocycles. The number of carbonyl (C=O) groups excluding carboxylic acids is 1. The second-order valence-electron chi connectivity index (χ2n) is 7.42. The van der Waals surface area contributed by atoms with E-state index in [9.17, 15) is 9.90 Å². The zero-order valence-corrected chi connectivity index (χ0v) is 12.1. The summed E-state index contributed by atoms with van der Waals surface area (Å²) in [6.07, 6.45) is 9.64. The topological polar surface area (TPSA) is 37.3 Å². The molecule has 0 heterocycles. The maximum absolute atomic E-state index is 11.6. The van der Waals surface area contributed by atoms with Gasteiger partial charge in [-0.3, -0.25) is 4.79 Å². The van der Waals surface area contributed by atoms with Crippen molar-refractivity contribution in [2.75, 3.05) is 0 Å². The fourth-order valence-electron chi connectivity index (χ4n) is 4.79. The molecule has 0 aromatic carbocycles. The third kappa shape index (κ3) is 1.76. The van der Waals surface area contributed by atoms with Crippen molar-refractivity contribution in [1.29, 1.82) is 0 Å². The van der Waals surface area contributed by atoms with Crippen molar-refractivity contribution in [1.82, 2.24) is 0 Å². The molecule has 0 radical (unpaired) electrons. The van der Waals surface area contributed by atoms with Crippen molar-refractivity contribution in [3.63, 3.8) is 0 Å². The van der Waals surface area contributed by atoms with E-state index in [1.807, 2.05) is 6.08 Å². The van der Waals surface area contributed by atoms with Gasteiger partial charge in [-0.2, -0.15) is 0 Å². The summed E-state index contributed by atoms with van der Waals surface area (Å²) in [5, 5.41) is 10.3. The van der Waals surface area contributed by atoms with E-state index in [4.69, 9.17) is 0 Å². The van der Waals surface area contributed by atoms with Gasteiger partial charge in [-0.05, 0) is 53.6 Å². The fraction of sp³-hybridized carbons (Fsp3) is 0.706. The minimum Gasteiger partial charge on any atom is -0.393 e. The number of hydrogen-bond acceptors (Lipinski definition) is 2. The SMILES string of the molecule is CC1(C)C(O)CCC2(C)C3CCC(=O)C=C3C=CC12. The monoisotopic (exact) mass is 260 g/mol. The molecule has 0 bridgehead atoms. The van der Waals surface area contributed by atoms with Gasteiger partial charge in [0.15, 0.2) is 5.78 Å². The van der Waals surface area contributed by atoms with Gasteiger partial charge in [-0.25, -0.2) is 0 Å². The fourth-order valence-corrected chi connectivity index (χ4v) is 4.79. The van der Waals surface area contributed by atoms with Crippen molar-refractivity contribution < 1.29 is 9.90 Å². The first-order valence-corrected chi connectivity index (χ1v) is 7.46. The van der Waals surface area contributed by atoms with Gasteiger partial charge in [0.2, 0.25) is 0 Å². The number of rotatable bonds is 0. The van der Waals surface area contributed by atoms with E-state index in [-0.39, 0.29) is 22.7 Å². The van der Waals surface area contributed by atoms with E-state index in [2.05, 4.69) is 32.9 Å². The van der Waals surface area contributed by atoms with E-state index in [0.717, 1.165) is 19.3 Å². The lowest BCUT2D eigenvalue weighted by Gasteiger charge is -2.57. The van der Waals surface area contributed by atoms with Gasteiger partial charge in [-0.15, -0.1) is 0 Å². The van der Waals surface area contributed by atoms with Crippen molar-refractivity contribution in [3.8, 4) is 0 Å². The summed E-state index contributed by atoms with van der Waals surface area (Å²) in [5.74, 6) is 1.17. The van der Waals surface area contributed by atoms with E-state index in [1.165, 1.54) is 5.57 Å². The lowest BCUT2D eigenvalue weighted by Crippen LogP contribution is -2.53. The third-order valence-electron chi connectivity index (χ3n) is 6.01. The number of carbonyl (C=O) groups is 1. The van der Waals surface area contributed by atoms with Crippen LogP contribution in [0.5, 0.6) is 0 Å². The van der Waals surface area contributed by atoms with Crippen LogP contribution < -0.4 is 0 Å². The lowest BCUT2D eigenvalue weighted by molar-refractivity contribution is -0.118. The van der Waals surface area contributed by atoms with Gasteiger partial charge >= 0.3 is 0 Å². The van der Waals surface area contributed by atoms with Crippen LogP contribution in [0.15, 0.2) is 23.8 Å². The van der Waals surface area contributed by atoms with Crippen molar-refractivity contribution in [2.24, 2.45) is 22.7 Å². The van der Waals surface area contributed by atoms with Gasteiger partial charge in [0, 0.05) is 6.42 Å². The van der Waals surface area contributed by atoms with Crippen molar-refractivity contribution >= 4 is 5.78 Å². The zero-order valence-electron chi connectivity index (χ0n) is 12.1. The molecule has 0 saturated heterocycles. The van der Waals surface area contributed by atoms with Crippen LogP contribution in [0.2, 0.25) is 0 Å². The predicted octanol–water partition coefficient (Wildman–Crippen LogP) is 3.27. The Hall–Kier alpha value is -0.890. The summed E-state index contributed by atoms with van der Waals surface area (Å²) in [6, 6.07) is 0. The Morgan fingerprint density at radius 1 is 1.26 bits per heavy atom. The molecule has 3 rings (SSSR count). The van der Waals surface area contributed by atoms with Crippen LogP contribution in [0, 0.1) is 22.7 Å². The van der Waals surface area contributed by atoms with E-state index < -0.39 is 0 Å². The largest absolute Gasteiger partial charge is 0.393 e. The van der Waals surface area contributed by atoms with Crippen molar-refractivity contribution in [3.05, 3.63) is 23.8 Å². The molecule has 2 nitrogen and oxygen atoms in total. The standard InChI is InChI=1S/C17H24O2/c1-16(2)14-7-4-11-10-12(18)5-6-13(11)17(14,3)9-8-15(16)19/h4,7,10,13-15,19H,5-6,8-9H2,1-3H3. The summed E-state index contributed by atoms with van der Waals surface area (Å²) in [4.78, 5) is 11.6. The van der Waals surface area contributed by atoms with Crippen LogP contribution >= 0.6 is 0 Å². The number of allylic oxidation sites excluding steroid dienone is 4. The molecule has 1 N–H and O–H groups in total. The molecule has 1 saturated carbocycles. The molecule has 0 aromatic heterocycles. The minimum atomic E-state index is -0.217. The Labute approximate surface area is 115 Å². The highest BCUT2D eigenvalue weighted by atomic mass is 16.3. The molecule has 4 atom stereocenters. The van der Waals surface area contributed by atoms with Crippen molar-refractivity contribution in [2.45, 2.75) is 52.6 Å². The Morgan fingerprint density at radius 2 is 2.00 bits per heavy atom. The van der Waals surface area contributed by atoms with Crippen LogP contribution in [0.3, 0.4) is 0 Å². The number of aliphatic hydroxyl groups is 1. The molecule has 104 valence electrons. The number of hydrogen-bond donors (Lipinski definition) is 1. The highest BCUT2D eigenvalue weighted by Gasteiger charge is 2.55. The Kier molecular flexibility index (Phi) is 2.79. The first-order valence-electron chi connectivity index (χ1n) is 7.46. The summed E-state index contributed by atoms with van der Waals surface area (Å²) >= 11 is 0. The summed E-state index contributed by atoms with van der Waals surface area (Å²) in [6.45, 7) is 6.74. The van der Waals surface area contributed by atoms with E-state index in [0.29, 0.717) is 18.3 Å². The Bertz CT molecular complexity index is 472. The maximum atomic E-state index is 11.6. The molecule has 0 spiro atoms. The van der Waals surface area contributed by atoms with Gasteiger partial charge < -0.3 is 5.11 Å². The molecule has 4 unspecified atom stereocenters. The van der Waals surface area contributed by atoms with Crippen LogP contribution in [0.25, 0.3) is 0 Å². The highest BCUT2D eigenvalue weighted by Crippen LogP contribution is 2.60. The van der Waals surface area contributed by atoms with Gasteiger partial charge in [0.05, 0.1) is 6.10 Å². The molecule has 1 fully saturated rings. The number of fused-ring (bicyclic) bond motifs is 3. The molecular formula is C17H24O2. The summed E-state index contributed by atoms with van der Waals surface area (Å²) in [7, 11) is 0. The normalized spacial score (nSPS) is 44.3. The Balaban J connectivity index is 2.06. The second kappa shape index (κ2) is 4.05. The maximum Gasteiger partial charge on any atom is 0.155 e. The Morgan fingerprint density at radius 3 is 2.74 bits per heavy atom. The zero-order chi connectivity index (χ0) is 13.8. The van der Waals surface area contributed by atoms with Gasteiger partial charge in [0.25, 0.3) is 0 Å². The number of aliphatic hydroxyl groups excluding tert-OH is 1. The molecule has 19 heavy (non-hydrogen) atoms. The minimum absolute atomic E-state index is 0.0729. The third-order valence-corrected chi connectivity index (χ3v) is 6.01. The molecule has 3 aliphatic carbocycles. The highest BCUT2D eigenvalue weighted by molar-refractivity contribution is 5.92. The molecular weight excluding hydrogens is 236 g/mol. The lowest BCUT2D eigenvalue weighted by atomic mass is 9.47. The second-order valence-corrected chi connectivity index (χ2v) is 7.42. The molecule has 3 aliphatic rings. The average molecular weight is 260 g/mol. The smallest absolute Gasteiger partial charge is 0.155 e. The van der Waals surface area contributed by atoms with Crippen LogP contribution in [0.1, 0.15) is 46.5 Å². The van der Waals surface area contributed by atoms with Crippen LogP contribution in [0.4, 0.5) is 0 Å². The summed E-state index contributed by atoms with van der Waals surface area (Å²) in [5.41, 5.74) is 1.35. The van der Waals surface area contributed by atoms with Gasteiger partial charge in [0.1, 0.15) is 0 Å².